The second-order valence-corrected chi connectivity index (χ2v) is 4.48. The van der Waals surface area contributed by atoms with Crippen LogP contribution in [0.3, 0.4) is 0 Å². The molecule has 1 rings (SSSR count). The average Bonchev–Trinajstić information content (AvgIpc) is 2.24. The van der Waals surface area contributed by atoms with Crippen molar-refractivity contribution in [2.45, 2.75) is 33.1 Å². The topological polar surface area (TPSA) is 12.0 Å². The van der Waals surface area contributed by atoms with E-state index >= 15 is 0 Å². The maximum absolute atomic E-state index is 13.0. The summed E-state index contributed by atoms with van der Waals surface area (Å²) >= 11 is 0. The lowest BCUT2D eigenvalue weighted by Gasteiger charge is -2.11. The summed E-state index contributed by atoms with van der Waals surface area (Å²) in [4.78, 5) is 0. The van der Waals surface area contributed by atoms with Gasteiger partial charge in [-0.3, -0.25) is 0 Å². The predicted octanol–water partition coefficient (Wildman–Crippen LogP) is 3.39. The maximum atomic E-state index is 13.0. The highest BCUT2D eigenvalue weighted by molar-refractivity contribution is 5.16. The van der Waals surface area contributed by atoms with E-state index in [-0.39, 0.29) is 5.82 Å². The molecule has 1 nitrogen and oxygen atoms in total. The van der Waals surface area contributed by atoms with Crippen molar-refractivity contribution < 1.29 is 4.39 Å². The van der Waals surface area contributed by atoms with Gasteiger partial charge in [-0.1, -0.05) is 26.0 Å². The van der Waals surface area contributed by atoms with Crippen LogP contribution in [0, 0.1) is 11.7 Å². The zero-order valence-corrected chi connectivity index (χ0v) is 10.3. The molecule has 0 aliphatic rings. The van der Waals surface area contributed by atoms with Gasteiger partial charge in [0.05, 0.1) is 0 Å². The average molecular weight is 223 g/mol. The number of benzene rings is 1. The summed E-state index contributed by atoms with van der Waals surface area (Å²) < 4.78 is 13.0. The third kappa shape index (κ3) is 5.26. The Labute approximate surface area is 98.1 Å². The van der Waals surface area contributed by atoms with Crippen molar-refractivity contribution in [1.82, 2.24) is 5.32 Å². The standard InChI is InChI=1S/C14H22FN/c1-3-8-16-9-7-12(2)10-13-5-4-6-14(15)11-13/h4-6,11-12,16H,3,7-10H2,1-2H3. The Morgan fingerprint density at radius 1 is 1.31 bits per heavy atom. The fraction of sp³-hybridized carbons (Fsp3) is 0.571. The molecule has 0 fully saturated rings. The Hall–Kier alpha value is -0.890. The summed E-state index contributed by atoms with van der Waals surface area (Å²) in [5.41, 5.74) is 1.10. The largest absolute Gasteiger partial charge is 0.317 e. The van der Waals surface area contributed by atoms with Crippen molar-refractivity contribution in [2.24, 2.45) is 5.92 Å². The van der Waals surface area contributed by atoms with Crippen LogP contribution in [0.4, 0.5) is 4.39 Å². The van der Waals surface area contributed by atoms with Crippen molar-refractivity contribution in [1.29, 1.82) is 0 Å². The van der Waals surface area contributed by atoms with Crippen LogP contribution in [0.5, 0.6) is 0 Å². The SMILES string of the molecule is CCCNCCC(C)Cc1cccc(F)c1. The Kier molecular flexibility index (Phi) is 6.09. The first kappa shape index (κ1) is 13.2. The van der Waals surface area contributed by atoms with E-state index in [0.717, 1.165) is 31.5 Å². The molecule has 0 saturated heterocycles. The molecule has 0 aromatic heterocycles. The molecule has 2 heteroatoms. The Morgan fingerprint density at radius 2 is 2.12 bits per heavy atom. The van der Waals surface area contributed by atoms with Gasteiger partial charge in [-0.05, 0) is 56.0 Å². The van der Waals surface area contributed by atoms with Gasteiger partial charge in [0.2, 0.25) is 0 Å². The van der Waals surface area contributed by atoms with Crippen molar-refractivity contribution in [3.63, 3.8) is 0 Å². The lowest BCUT2D eigenvalue weighted by atomic mass is 9.98. The molecule has 0 bridgehead atoms. The quantitative estimate of drug-likeness (QED) is 0.699. The molecule has 0 aliphatic carbocycles. The van der Waals surface area contributed by atoms with Gasteiger partial charge in [-0.2, -0.15) is 0 Å². The van der Waals surface area contributed by atoms with Crippen LogP contribution < -0.4 is 5.32 Å². The van der Waals surface area contributed by atoms with Crippen LogP contribution in [0.25, 0.3) is 0 Å². The molecule has 0 amide bonds. The second-order valence-electron chi connectivity index (χ2n) is 4.48. The monoisotopic (exact) mass is 223 g/mol. The molecule has 0 aliphatic heterocycles. The van der Waals surface area contributed by atoms with E-state index in [9.17, 15) is 4.39 Å². The first-order valence-electron chi connectivity index (χ1n) is 6.17. The van der Waals surface area contributed by atoms with E-state index in [2.05, 4.69) is 19.2 Å². The zero-order valence-electron chi connectivity index (χ0n) is 10.3. The van der Waals surface area contributed by atoms with E-state index in [4.69, 9.17) is 0 Å². The number of hydrogen-bond donors (Lipinski definition) is 1. The number of nitrogens with one attached hydrogen (secondary N) is 1. The summed E-state index contributed by atoms with van der Waals surface area (Å²) in [6.45, 7) is 6.54. The third-order valence-electron chi connectivity index (χ3n) is 2.71. The van der Waals surface area contributed by atoms with Crippen molar-refractivity contribution >= 4 is 0 Å². The smallest absolute Gasteiger partial charge is 0.123 e. The van der Waals surface area contributed by atoms with Crippen LogP contribution in [0.15, 0.2) is 24.3 Å². The normalized spacial score (nSPS) is 12.7. The number of halogens is 1. The van der Waals surface area contributed by atoms with Gasteiger partial charge in [0, 0.05) is 0 Å². The highest BCUT2D eigenvalue weighted by atomic mass is 19.1. The summed E-state index contributed by atoms with van der Waals surface area (Å²) in [5.74, 6) is 0.472. The molecule has 1 atom stereocenters. The van der Waals surface area contributed by atoms with Crippen LogP contribution in [0.1, 0.15) is 32.3 Å². The summed E-state index contributed by atoms with van der Waals surface area (Å²) in [6, 6.07) is 6.92. The third-order valence-corrected chi connectivity index (χ3v) is 2.71. The molecule has 0 radical (unpaired) electrons. The lowest BCUT2D eigenvalue weighted by Crippen LogP contribution is -2.18. The first-order valence-corrected chi connectivity index (χ1v) is 6.17. The van der Waals surface area contributed by atoms with Gasteiger partial charge < -0.3 is 5.32 Å². The second kappa shape index (κ2) is 7.39. The van der Waals surface area contributed by atoms with Crippen LogP contribution in [-0.2, 0) is 6.42 Å². The van der Waals surface area contributed by atoms with Gasteiger partial charge in [0.25, 0.3) is 0 Å². The molecule has 1 unspecified atom stereocenters. The van der Waals surface area contributed by atoms with Gasteiger partial charge in [-0.25, -0.2) is 4.39 Å². The van der Waals surface area contributed by atoms with Crippen LogP contribution in [0.2, 0.25) is 0 Å². The van der Waals surface area contributed by atoms with Crippen LogP contribution >= 0.6 is 0 Å². The Morgan fingerprint density at radius 3 is 2.81 bits per heavy atom. The molecule has 1 aromatic carbocycles. The minimum atomic E-state index is -0.131. The summed E-state index contributed by atoms with van der Waals surface area (Å²) in [7, 11) is 0. The van der Waals surface area contributed by atoms with Gasteiger partial charge in [0.15, 0.2) is 0 Å². The highest BCUT2D eigenvalue weighted by Gasteiger charge is 2.04. The minimum Gasteiger partial charge on any atom is -0.317 e. The molecule has 0 heterocycles. The van der Waals surface area contributed by atoms with E-state index in [1.54, 1.807) is 12.1 Å². The Balaban J connectivity index is 2.25. The van der Waals surface area contributed by atoms with Gasteiger partial charge in [-0.15, -0.1) is 0 Å². The number of hydrogen-bond acceptors (Lipinski definition) is 1. The first-order chi connectivity index (χ1) is 7.72. The minimum absolute atomic E-state index is 0.131. The van der Waals surface area contributed by atoms with E-state index in [0.29, 0.717) is 5.92 Å². The zero-order chi connectivity index (χ0) is 11.8. The molecule has 1 aromatic rings. The predicted molar refractivity (Wildman–Crippen MR) is 67.0 cm³/mol. The molecule has 16 heavy (non-hydrogen) atoms. The number of rotatable bonds is 7. The molecular formula is C14H22FN. The molecule has 90 valence electrons. The molecule has 0 spiro atoms. The van der Waals surface area contributed by atoms with Crippen molar-refractivity contribution in [3.8, 4) is 0 Å². The summed E-state index contributed by atoms with van der Waals surface area (Å²) in [5, 5.41) is 3.39. The van der Waals surface area contributed by atoms with Gasteiger partial charge >= 0.3 is 0 Å². The van der Waals surface area contributed by atoms with E-state index in [1.807, 2.05) is 6.07 Å². The van der Waals surface area contributed by atoms with Gasteiger partial charge in [0.1, 0.15) is 5.82 Å². The summed E-state index contributed by atoms with van der Waals surface area (Å²) in [6.07, 6.45) is 3.29. The van der Waals surface area contributed by atoms with E-state index < -0.39 is 0 Å². The molecular weight excluding hydrogens is 201 g/mol. The highest BCUT2D eigenvalue weighted by Crippen LogP contribution is 2.12. The Bertz CT molecular complexity index is 299. The fourth-order valence-corrected chi connectivity index (χ4v) is 1.82. The molecule has 0 saturated carbocycles. The van der Waals surface area contributed by atoms with E-state index in [1.165, 1.54) is 12.5 Å². The molecule has 1 N–H and O–H groups in total. The lowest BCUT2D eigenvalue weighted by molar-refractivity contribution is 0.497. The van der Waals surface area contributed by atoms with Crippen molar-refractivity contribution in [2.75, 3.05) is 13.1 Å². The van der Waals surface area contributed by atoms with Crippen molar-refractivity contribution in [3.05, 3.63) is 35.6 Å². The maximum Gasteiger partial charge on any atom is 0.123 e. The fourth-order valence-electron chi connectivity index (χ4n) is 1.82. The van der Waals surface area contributed by atoms with Crippen LogP contribution in [-0.4, -0.2) is 13.1 Å².